The third-order valence-electron chi connectivity index (χ3n) is 4.48. The van der Waals surface area contributed by atoms with Gasteiger partial charge in [-0.05, 0) is 50.5 Å². The number of hydrogen-bond acceptors (Lipinski definition) is 3. The lowest BCUT2D eigenvalue weighted by Crippen LogP contribution is -2.35. The molecule has 1 aliphatic rings. The van der Waals surface area contributed by atoms with Crippen LogP contribution < -0.4 is 10.2 Å². The van der Waals surface area contributed by atoms with Crippen molar-refractivity contribution in [3.05, 3.63) is 58.7 Å². The Kier molecular flexibility index (Phi) is 4.14. The van der Waals surface area contributed by atoms with Gasteiger partial charge in [0, 0.05) is 5.69 Å². The third kappa shape index (κ3) is 2.80. The second-order valence-corrected chi connectivity index (χ2v) is 6.53. The van der Waals surface area contributed by atoms with Crippen molar-refractivity contribution in [3.8, 4) is 0 Å². The Bertz CT molecular complexity index is 803. The summed E-state index contributed by atoms with van der Waals surface area (Å²) in [4.78, 5) is 26.7. The average Bonchev–Trinajstić information content (AvgIpc) is 2.76. The zero-order valence-corrected chi connectivity index (χ0v) is 14.5. The first-order chi connectivity index (χ1) is 11.4. The maximum absolute atomic E-state index is 12.9. The summed E-state index contributed by atoms with van der Waals surface area (Å²) in [5.74, 6) is -0.334. The van der Waals surface area contributed by atoms with E-state index >= 15 is 0 Å². The smallest absolute Gasteiger partial charge is 0.256 e. The number of nitrogens with one attached hydrogen (secondary N) is 1. The fourth-order valence-corrected chi connectivity index (χ4v) is 3.43. The van der Waals surface area contributed by atoms with Crippen LogP contribution in [0.4, 0.5) is 11.4 Å². The molecule has 2 aromatic carbocycles. The maximum atomic E-state index is 12.9. The molecule has 1 atom stereocenters. The van der Waals surface area contributed by atoms with Crippen molar-refractivity contribution in [2.45, 2.75) is 40.2 Å². The van der Waals surface area contributed by atoms with Crippen molar-refractivity contribution in [1.29, 1.82) is 0 Å². The normalized spacial score (nSPS) is 17.5. The summed E-state index contributed by atoms with van der Waals surface area (Å²) >= 11 is 0. The molecule has 2 aromatic rings. The van der Waals surface area contributed by atoms with Crippen LogP contribution in [0.15, 0.2) is 36.4 Å². The monoisotopic (exact) mass is 322 g/mol. The molecule has 1 N–H and O–H groups in total. The summed E-state index contributed by atoms with van der Waals surface area (Å²) in [6, 6.07) is 11.3. The molecule has 0 unspecified atom stereocenters. The number of aryl methyl sites for hydroxylation is 4. The molecule has 4 heteroatoms. The third-order valence-corrected chi connectivity index (χ3v) is 4.48. The Morgan fingerprint density at radius 2 is 1.58 bits per heavy atom. The molecule has 24 heavy (non-hydrogen) atoms. The molecular formula is C20H22N2O2. The van der Waals surface area contributed by atoms with E-state index in [2.05, 4.69) is 5.32 Å². The number of nitrogens with zero attached hydrogens (tertiary/aromatic N) is 1. The predicted octanol–water partition coefficient (Wildman–Crippen LogP) is 3.66. The van der Waals surface area contributed by atoms with Crippen LogP contribution in [0.25, 0.3) is 0 Å². The molecule has 1 saturated heterocycles. The zero-order chi connectivity index (χ0) is 17.4. The summed E-state index contributed by atoms with van der Waals surface area (Å²) in [5, 5.41) is 3.23. The fourth-order valence-electron chi connectivity index (χ4n) is 3.43. The van der Waals surface area contributed by atoms with Crippen molar-refractivity contribution in [2.75, 3.05) is 10.2 Å². The highest BCUT2D eigenvalue weighted by Crippen LogP contribution is 2.31. The van der Waals surface area contributed by atoms with Crippen LogP contribution in [-0.4, -0.2) is 17.9 Å². The molecule has 1 aliphatic heterocycles. The van der Waals surface area contributed by atoms with Crippen molar-refractivity contribution in [2.24, 2.45) is 0 Å². The quantitative estimate of drug-likeness (QED) is 0.877. The van der Waals surface area contributed by atoms with Gasteiger partial charge in [0.2, 0.25) is 5.91 Å². The summed E-state index contributed by atoms with van der Waals surface area (Å²) in [6.07, 6.45) is 0.180. The Morgan fingerprint density at radius 1 is 0.958 bits per heavy atom. The van der Waals surface area contributed by atoms with E-state index in [0.29, 0.717) is 0 Å². The molecule has 124 valence electrons. The Labute approximate surface area is 142 Å². The highest BCUT2D eigenvalue weighted by molar-refractivity contribution is 6.23. The van der Waals surface area contributed by atoms with Gasteiger partial charge < -0.3 is 5.32 Å². The zero-order valence-electron chi connectivity index (χ0n) is 14.5. The second kappa shape index (κ2) is 6.11. The molecule has 0 spiro atoms. The van der Waals surface area contributed by atoms with Gasteiger partial charge >= 0.3 is 0 Å². The summed E-state index contributed by atoms with van der Waals surface area (Å²) < 4.78 is 0. The van der Waals surface area contributed by atoms with E-state index in [1.54, 1.807) is 0 Å². The van der Waals surface area contributed by atoms with E-state index in [-0.39, 0.29) is 18.2 Å². The largest absolute Gasteiger partial charge is 0.373 e. The molecule has 4 nitrogen and oxygen atoms in total. The number of rotatable bonds is 3. The number of carbonyl (C=O) groups is 2. The molecule has 3 rings (SSSR count). The van der Waals surface area contributed by atoms with Gasteiger partial charge in [-0.15, -0.1) is 0 Å². The molecule has 1 heterocycles. The predicted molar refractivity (Wildman–Crippen MR) is 96.4 cm³/mol. The van der Waals surface area contributed by atoms with Crippen LogP contribution in [0.3, 0.4) is 0 Å². The lowest BCUT2D eigenvalue weighted by molar-refractivity contribution is -0.121. The highest BCUT2D eigenvalue weighted by atomic mass is 16.2. The van der Waals surface area contributed by atoms with Gasteiger partial charge in [0.1, 0.15) is 6.04 Å². The fraction of sp³-hybridized carbons (Fsp3) is 0.300. The van der Waals surface area contributed by atoms with Crippen molar-refractivity contribution in [1.82, 2.24) is 0 Å². The lowest BCUT2D eigenvalue weighted by atomic mass is 10.0. The Hall–Kier alpha value is -2.62. The van der Waals surface area contributed by atoms with E-state index in [9.17, 15) is 9.59 Å². The van der Waals surface area contributed by atoms with Gasteiger partial charge in [-0.3, -0.25) is 9.59 Å². The summed E-state index contributed by atoms with van der Waals surface area (Å²) in [5.41, 5.74) is 5.70. The van der Waals surface area contributed by atoms with E-state index in [0.717, 1.165) is 33.6 Å². The summed E-state index contributed by atoms with van der Waals surface area (Å²) in [6.45, 7) is 7.88. The van der Waals surface area contributed by atoms with Crippen LogP contribution in [0.1, 0.15) is 28.7 Å². The number of hydrogen-bond donors (Lipinski definition) is 1. The first-order valence-corrected chi connectivity index (χ1v) is 8.15. The first kappa shape index (κ1) is 16.2. The minimum Gasteiger partial charge on any atom is -0.373 e. The van der Waals surface area contributed by atoms with Crippen LogP contribution in [0.2, 0.25) is 0 Å². The minimum absolute atomic E-state index is 0.152. The molecule has 2 amide bonds. The molecular weight excluding hydrogens is 300 g/mol. The van der Waals surface area contributed by atoms with Crippen LogP contribution in [0, 0.1) is 27.7 Å². The average molecular weight is 322 g/mol. The standard InChI is InChI=1S/C20H22N2O2/c1-12-9-14(3)19(15(4)10-12)22-18(23)11-17(20(22)24)21-16-8-6-5-7-13(16)2/h5-10,17,21H,11H2,1-4H3/t17-/m0/s1. The molecule has 0 radical (unpaired) electrons. The second-order valence-electron chi connectivity index (χ2n) is 6.53. The number of carbonyl (C=O) groups excluding carboxylic acids is 2. The molecule has 0 saturated carbocycles. The van der Waals surface area contributed by atoms with Crippen LogP contribution >= 0.6 is 0 Å². The SMILES string of the molecule is Cc1cc(C)c(N2C(=O)C[C@H](Nc3ccccc3C)C2=O)c(C)c1. The molecule has 0 aromatic heterocycles. The Morgan fingerprint density at radius 3 is 2.21 bits per heavy atom. The topological polar surface area (TPSA) is 49.4 Å². The van der Waals surface area contributed by atoms with Gasteiger partial charge in [0.15, 0.2) is 0 Å². The van der Waals surface area contributed by atoms with Crippen molar-refractivity contribution < 1.29 is 9.59 Å². The first-order valence-electron chi connectivity index (χ1n) is 8.15. The molecule has 1 fully saturated rings. The van der Waals surface area contributed by atoms with E-state index in [1.807, 2.05) is 64.1 Å². The van der Waals surface area contributed by atoms with Crippen LogP contribution in [0.5, 0.6) is 0 Å². The van der Waals surface area contributed by atoms with Gasteiger partial charge in [-0.1, -0.05) is 35.9 Å². The lowest BCUT2D eigenvalue weighted by Gasteiger charge is -2.21. The van der Waals surface area contributed by atoms with Gasteiger partial charge in [-0.25, -0.2) is 4.90 Å². The summed E-state index contributed by atoms with van der Waals surface area (Å²) in [7, 11) is 0. The van der Waals surface area contributed by atoms with Gasteiger partial charge in [-0.2, -0.15) is 0 Å². The number of anilines is 2. The maximum Gasteiger partial charge on any atom is 0.256 e. The minimum atomic E-state index is -0.515. The number of para-hydroxylation sites is 1. The number of imide groups is 1. The molecule has 0 bridgehead atoms. The van der Waals surface area contributed by atoms with Gasteiger partial charge in [0.05, 0.1) is 12.1 Å². The van der Waals surface area contributed by atoms with Gasteiger partial charge in [0.25, 0.3) is 5.91 Å². The Balaban J connectivity index is 1.92. The van der Waals surface area contributed by atoms with E-state index < -0.39 is 6.04 Å². The van der Waals surface area contributed by atoms with E-state index in [4.69, 9.17) is 0 Å². The number of benzene rings is 2. The van der Waals surface area contributed by atoms with E-state index in [1.165, 1.54) is 4.90 Å². The highest BCUT2D eigenvalue weighted by Gasteiger charge is 2.40. The van der Waals surface area contributed by atoms with Crippen LogP contribution in [-0.2, 0) is 9.59 Å². The van der Waals surface area contributed by atoms with Crippen molar-refractivity contribution in [3.63, 3.8) is 0 Å². The molecule has 0 aliphatic carbocycles. The van der Waals surface area contributed by atoms with Crippen molar-refractivity contribution >= 4 is 23.2 Å². The number of amides is 2.